The van der Waals surface area contributed by atoms with Crippen molar-refractivity contribution in [1.29, 1.82) is 0 Å². The van der Waals surface area contributed by atoms with E-state index in [1.54, 1.807) is 6.07 Å². The molecule has 1 aromatic carbocycles. The maximum absolute atomic E-state index is 12.4. The molecular weight excluding hydrogens is 274 g/mol. The van der Waals surface area contributed by atoms with Gasteiger partial charge in [-0.3, -0.25) is 0 Å². The van der Waals surface area contributed by atoms with Gasteiger partial charge in [0.05, 0.1) is 4.90 Å². The monoisotopic (exact) mass is 297 g/mol. The Kier molecular flexibility index (Phi) is 4.70. The minimum absolute atomic E-state index is 0.00361. The average molecular weight is 297 g/mol. The summed E-state index contributed by atoms with van der Waals surface area (Å²) in [6.07, 6.45) is 4.20. The smallest absolute Gasteiger partial charge is 0.240 e. The van der Waals surface area contributed by atoms with Gasteiger partial charge in [-0.05, 0) is 42.9 Å². The molecule has 0 aliphatic heterocycles. The van der Waals surface area contributed by atoms with Crippen LogP contribution >= 0.6 is 0 Å². The van der Waals surface area contributed by atoms with Crippen molar-refractivity contribution in [3.63, 3.8) is 0 Å². The van der Waals surface area contributed by atoms with E-state index in [4.69, 9.17) is 0 Å². The fraction of sp³-hybridized carbons (Fsp3) is 0.600. The third kappa shape index (κ3) is 3.52. The lowest BCUT2D eigenvalue weighted by Crippen LogP contribution is -2.43. The summed E-state index contributed by atoms with van der Waals surface area (Å²) in [5.74, 6) is 0.819. The van der Waals surface area contributed by atoms with Gasteiger partial charge in [0.15, 0.2) is 0 Å². The molecule has 0 radical (unpaired) electrons. The topological polar surface area (TPSA) is 66.4 Å². The van der Waals surface area contributed by atoms with E-state index in [1.807, 2.05) is 0 Å². The minimum Gasteiger partial charge on any atom is -0.508 e. The molecule has 1 aliphatic rings. The van der Waals surface area contributed by atoms with Gasteiger partial charge in [-0.15, -0.1) is 0 Å². The molecule has 4 nitrogen and oxygen atoms in total. The number of phenolic OH excluding ortho intramolecular Hbond substituents is 1. The molecule has 0 aromatic heterocycles. The fourth-order valence-corrected chi connectivity index (χ4v) is 4.38. The Morgan fingerprint density at radius 2 is 1.95 bits per heavy atom. The van der Waals surface area contributed by atoms with Crippen molar-refractivity contribution >= 4 is 10.0 Å². The third-order valence-electron chi connectivity index (χ3n) is 4.11. The Morgan fingerprint density at radius 1 is 1.25 bits per heavy atom. The first-order valence-electron chi connectivity index (χ1n) is 7.21. The van der Waals surface area contributed by atoms with Gasteiger partial charge in [-0.2, -0.15) is 0 Å². The Hall–Kier alpha value is -1.07. The number of rotatable bonds is 4. The van der Waals surface area contributed by atoms with Gasteiger partial charge in [-0.1, -0.05) is 32.8 Å². The normalized spacial score (nSPS) is 23.9. The van der Waals surface area contributed by atoms with Gasteiger partial charge in [0.2, 0.25) is 10.0 Å². The molecule has 2 rings (SSSR count). The van der Waals surface area contributed by atoms with Crippen molar-refractivity contribution in [2.75, 3.05) is 0 Å². The van der Waals surface area contributed by atoms with Crippen molar-refractivity contribution in [2.45, 2.75) is 50.5 Å². The molecule has 0 spiro atoms. The van der Waals surface area contributed by atoms with Gasteiger partial charge in [0.25, 0.3) is 0 Å². The number of benzene rings is 1. The third-order valence-corrected chi connectivity index (χ3v) is 5.60. The predicted octanol–water partition coefficient (Wildman–Crippen LogP) is 2.89. The van der Waals surface area contributed by atoms with Crippen LogP contribution in [-0.2, 0) is 10.0 Å². The molecule has 0 amide bonds. The standard InChI is InChI=1S/C15H23NO3S/c1-11(2)14-8-3-4-9-15(14)16-20(18,19)13-7-5-6-12(17)10-13/h5-7,10-11,14-17H,3-4,8-9H2,1-2H3. The maximum atomic E-state index is 12.4. The molecular formula is C15H23NO3S. The maximum Gasteiger partial charge on any atom is 0.240 e. The highest BCUT2D eigenvalue weighted by molar-refractivity contribution is 7.89. The predicted molar refractivity (Wildman–Crippen MR) is 79.0 cm³/mol. The lowest BCUT2D eigenvalue weighted by Gasteiger charge is -2.34. The largest absolute Gasteiger partial charge is 0.508 e. The van der Waals surface area contributed by atoms with E-state index in [1.165, 1.54) is 24.6 Å². The highest BCUT2D eigenvalue weighted by atomic mass is 32.2. The molecule has 112 valence electrons. The molecule has 1 aromatic rings. The van der Waals surface area contributed by atoms with Crippen molar-refractivity contribution in [3.05, 3.63) is 24.3 Å². The molecule has 0 bridgehead atoms. The molecule has 1 fully saturated rings. The van der Waals surface area contributed by atoms with Crippen LogP contribution in [0.5, 0.6) is 5.75 Å². The van der Waals surface area contributed by atoms with Crippen molar-refractivity contribution < 1.29 is 13.5 Å². The molecule has 2 unspecified atom stereocenters. The van der Waals surface area contributed by atoms with Crippen LogP contribution in [0.4, 0.5) is 0 Å². The number of hydrogen-bond donors (Lipinski definition) is 2. The molecule has 1 aliphatic carbocycles. The fourth-order valence-electron chi connectivity index (χ4n) is 3.02. The number of hydrogen-bond acceptors (Lipinski definition) is 3. The van der Waals surface area contributed by atoms with E-state index < -0.39 is 10.0 Å². The summed E-state index contributed by atoms with van der Waals surface area (Å²) in [7, 11) is -3.56. The van der Waals surface area contributed by atoms with Crippen LogP contribution in [0.3, 0.4) is 0 Å². The summed E-state index contributed by atoms with van der Waals surface area (Å²) in [4.78, 5) is 0.130. The van der Waals surface area contributed by atoms with E-state index >= 15 is 0 Å². The number of phenols is 1. The van der Waals surface area contributed by atoms with Crippen LogP contribution < -0.4 is 4.72 Å². The molecule has 2 N–H and O–H groups in total. The summed E-state index contributed by atoms with van der Waals surface area (Å²) in [6, 6.07) is 5.81. The number of sulfonamides is 1. The van der Waals surface area contributed by atoms with E-state index in [9.17, 15) is 13.5 Å². The van der Waals surface area contributed by atoms with Gasteiger partial charge in [0, 0.05) is 6.04 Å². The van der Waals surface area contributed by atoms with Crippen LogP contribution in [0.1, 0.15) is 39.5 Å². The lowest BCUT2D eigenvalue weighted by atomic mass is 9.78. The van der Waals surface area contributed by atoms with E-state index in [-0.39, 0.29) is 16.7 Å². The Labute approximate surface area is 121 Å². The van der Waals surface area contributed by atoms with E-state index in [0.29, 0.717) is 11.8 Å². The van der Waals surface area contributed by atoms with Crippen molar-refractivity contribution in [1.82, 2.24) is 4.72 Å². The van der Waals surface area contributed by atoms with Crippen molar-refractivity contribution in [2.24, 2.45) is 11.8 Å². The summed E-state index contributed by atoms with van der Waals surface area (Å²) < 4.78 is 27.6. The van der Waals surface area contributed by atoms with E-state index in [2.05, 4.69) is 18.6 Å². The zero-order valence-corrected chi connectivity index (χ0v) is 12.9. The molecule has 20 heavy (non-hydrogen) atoms. The second-order valence-corrected chi connectivity index (χ2v) is 7.63. The Morgan fingerprint density at radius 3 is 2.60 bits per heavy atom. The molecule has 0 saturated heterocycles. The highest BCUT2D eigenvalue weighted by Gasteiger charge is 2.31. The van der Waals surface area contributed by atoms with Crippen LogP contribution in [0, 0.1) is 11.8 Å². The minimum atomic E-state index is -3.56. The quantitative estimate of drug-likeness (QED) is 0.898. The summed E-state index contributed by atoms with van der Waals surface area (Å²) >= 11 is 0. The van der Waals surface area contributed by atoms with E-state index in [0.717, 1.165) is 19.3 Å². The van der Waals surface area contributed by atoms with Gasteiger partial charge in [-0.25, -0.2) is 13.1 Å². The summed E-state index contributed by atoms with van der Waals surface area (Å²) in [6.45, 7) is 4.29. The summed E-state index contributed by atoms with van der Waals surface area (Å²) in [5.41, 5.74) is 0. The van der Waals surface area contributed by atoms with Crippen LogP contribution in [0.15, 0.2) is 29.2 Å². The number of nitrogens with one attached hydrogen (secondary N) is 1. The SMILES string of the molecule is CC(C)C1CCCCC1NS(=O)(=O)c1cccc(O)c1. The number of aromatic hydroxyl groups is 1. The van der Waals surface area contributed by atoms with Crippen LogP contribution in [-0.4, -0.2) is 19.6 Å². The Balaban J connectivity index is 2.18. The zero-order chi connectivity index (χ0) is 14.8. The molecule has 2 atom stereocenters. The van der Waals surface area contributed by atoms with Gasteiger partial charge < -0.3 is 5.11 Å². The van der Waals surface area contributed by atoms with Crippen molar-refractivity contribution in [3.8, 4) is 5.75 Å². The molecule has 5 heteroatoms. The first-order valence-corrected chi connectivity index (χ1v) is 8.70. The molecule has 1 saturated carbocycles. The van der Waals surface area contributed by atoms with Crippen LogP contribution in [0.2, 0.25) is 0 Å². The first-order chi connectivity index (χ1) is 9.40. The molecule has 0 heterocycles. The van der Waals surface area contributed by atoms with Gasteiger partial charge >= 0.3 is 0 Å². The Bertz CT molecular complexity index is 554. The van der Waals surface area contributed by atoms with Crippen LogP contribution in [0.25, 0.3) is 0 Å². The first kappa shape index (κ1) is 15.3. The summed E-state index contributed by atoms with van der Waals surface area (Å²) in [5, 5.41) is 9.43. The second-order valence-electron chi connectivity index (χ2n) is 5.92. The average Bonchev–Trinajstić information content (AvgIpc) is 2.38. The van der Waals surface area contributed by atoms with Gasteiger partial charge in [0.1, 0.15) is 5.75 Å². The zero-order valence-electron chi connectivity index (χ0n) is 12.0. The lowest BCUT2D eigenvalue weighted by molar-refractivity contribution is 0.226. The highest BCUT2D eigenvalue weighted by Crippen LogP contribution is 2.31. The second kappa shape index (κ2) is 6.14.